The number of aromatic nitrogens is 1. The summed E-state index contributed by atoms with van der Waals surface area (Å²) < 4.78 is 0. The number of anilines is 3. The lowest BCUT2D eigenvalue weighted by Crippen LogP contribution is -2.24. The van der Waals surface area contributed by atoms with Gasteiger partial charge in [-0.05, 0) is 48.4 Å². The summed E-state index contributed by atoms with van der Waals surface area (Å²) in [6, 6.07) is 10.1. The van der Waals surface area contributed by atoms with Gasteiger partial charge in [-0.3, -0.25) is 4.79 Å². The number of thioether (sulfide) groups is 1. The molecule has 2 heterocycles. The van der Waals surface area contributed by atoms with Crippen LogP contribution in [0.15, 0.2) is 47.0 Å². The molecular weight excluding hydrogens is 358 g/mol. The highest BCUT2D eigenvalue weighted by Crippen LogP contribution is 2.31. The molecule has 0 saturated carbocycles. The Morgan fingerprint density at radius 1 is 1.33 bits per heavy atom. The van der Waals surface area contributed by atoms with Crippen molar-refractivity contribution in [3.05, 3.63) is 53.2 Å². The van der Waals surface area contributed by atoms with Crippen molar-refractivity contribution in [1.82, 2.24) is 10.3 Å². The molecule has 0 fully saturated rings. The molecule has 1 unspecified atom stereocenters. The van der Waals surface area contributed by atoms with Gasteiger partial charge in [0.1, 0.15) is 11.6 Å². The maximum Gasteiger partial charge on any atom is 0.255 e. The lowest BCUT2D eigenvalue weighted by Gasteiger charge is -2.18. The van der Waals surface area contributed by atoms with Crippen molar-refractivity contribution in [1.29, 1.82) is 0 Å². The van der Waals surface area contributed by atoms with E-state index in [0.717, 1.165) is 34.1 Å². The second kappa shape index (κ2) is 7.15. The van der Waals surface area contributed by atoms with Crippen LogP contribution in [0.3, 0.4) is 0 Å². The fourth-order valence-electron chi connectivity index (χ4n) is 3.60. The molecule has 140 valence electrons. The van der Waals surface area contributed by atoms with Crippen molar-refractivity contribution in [3.8, 4) is 0 Å². The minimum atomic E-state index is -0.0959. The van der Waals surface area contributed by atoms with E-state index in [9.17, 15) is 4.79 Å². The van der Waals surface area contributed by atoms with Crippen molar-refractivity contribution < 1.29 is 4.79 Å². The first-order valence-electron chi connectivity index (χ1n) is 9.00. The van der Waals surface area contributed by atoms with Gasteiger partial charge in [0.25, 0.3) is 5.91 Å². The number of allylic oxidation sites excluding steroid dienone is 1. The SMILES string of the molecule is CSc1cccc(Nc2nc(N[C@@H]3CC(C)C=C3N)cc3c2C(=O)NC3)c1. The van der Waals surface area contributed by atoms with E-state index in [1.54, 1.807) is 11.8 Å². The number of nitrogens with one attached hydrogen (secondary N) is 3. The number of nitrogens with zero attached hydrogens (tertiary/aromatic N) is 1. The minimum absolute atomic E-state index is 0.0725. The molecular formula is C20H23N5OS. The number of hydrogen-bond acceptors (Lipinski definition) is 6. The highest BCUT2D eigenvalue weighted by atomic mass is 32.2. The van der Waals surface area contributed by atoms with Crippen molar-refractivity contribution >= 4 is 35.0 Å². The van der Waals surface area contributed by atoms with E-state index < -0.39 is 0 Å². The molecule has 7 heteroatoms. The van der Waals surface area contributed by atoms with Gasteiger partial charge in [-0.1, -0.05) is 19.1 Å². The summed E-state index contributed by atoms with van der Waals surface area (Å²) in [4.78, 5) is 18.1. The molecule has 1 aromatic heterocycles. The van der Waals surface area contributed by atoms with E-state index in [0.29, 0.717) is 23.8 Å². The van der Waals surface area contributed by atoms with Crippen LogP contribution < -0.4 is 21.7 Å². The van der Waals surface area contributed by atoms with Gasteiger partial charge in [0.2, 0.25) is 0 Å². The number of carbonyl (C=O) groups is 1. The molecule has 2 aliphatic rings. The van der Waals surface area contributed by atoms with Gasteiger partial charge >= 0.3 is 0 Å². The first kappa shape index (κ1) is 17.7. The zero-order chi connectivity index (χ0) is 19.0. The van der Waals surface area contributed by atoms with Crippen LogP contribution in [0.25, 0.3) is 0 Å². The number of amides is 1. The Morgan fingerprint density at radius 2 is 2.19 bits per heavy atom. The van der Waals surface area contributed by atoms with Crippen molar-refractivity contribution in [3.63, 3.8) is 0 Å². The van der Waals surface area contributed by atoms with Crippen LogP contribution in [0, 0.1) is 5.92 Å². The van der Waals surface area contributed by atoms with Crippen LogP contribution in [0.2, 0.25) is 0 Å². The lowest BCUT2D eigenvalue weighted by molar-refractivity contribution is 0.0966. The summed E-state index contributed by atoms with van der Waals surface area (Å²) in [5, 5.41) is 9.63. The molecule has 1 aromatic carbocycles. The van der Waals surface area contributed by atoms with E-state index in [-0.39, 0.29) is 11.9 Å². The fourth-order valence-corrected chi connectivity index (χ4v) is 4.06. The fraction of sp³-hybridized carbons (Fsp3) is 0.300. The molecule has 1 aliphatic heterocycles. The second-order valence-electron chi connectivity index (χ2n) is 7.01. The highest BCUT2D eigenvalue weighted by molar-refractivity contribution is 7.98. The maximum atomic E-state index is 12.3. The largest absolute Gasteiger partial charge is 0.401 e. The molecule has 1 amide bonds. The number of benzene rings is 1. The molecule has 2 aromatic rings. The summed E-state index contributed by atoms with van der Waals surface area (Å²) in [6.45, 7) is 2.66. The molecule has 0 bridgehead atoms. The third-order valence-electron chi connectivity index (χ3n) is 4.91. The molecule has 1 aliphatic carbocycles. The van der Waals surface area contributed by atoms with Crippen LogP contribution in [-0.2, 0) is 6.54 Å². The van der Waals surface area contributed by atoms with Crippen LogP contribution >= 0.6 is 11.8 Å². The van der Waals surface area contributed by atoms with Crippen molar-refractivity contribution in [2.24, 2.45) is 11.7 Å². The predicted octanol–water partition coefficient (Wildman–Crippen LogP) is 3.45. The standard InChI is InChI=1S/C20H23N5OS/c1-11-6-15(21)16(7-11)24-17-8-12-10-22-20(26)18(12)19(25-17)23-13-4-3-5-14(9-13)27-2/h3-6,8-9,11,16H,7,10,21H2,1-2H3,(H,22,26)(H2,23,24,25)/t11?,16-/m1/s1. The number of rotatable bonds is 5. The number of hydrogen-bond donors (Lipinski definition) is 4. The Morgan fingerprint density at radius 3 is 2.93 bits per heavy atom. The summed E-state index contributed by atoms with van der Waals surface area (Å²) in [5.41, 5.74) is 9.43. The van der Waals surface area contributed by atoms with Gasteiger partial charge in [0, 0.05) is 22.8 Å². The maximum absolute atomic E-state index is 12.3. The van der Waals surface area contributed by atoms with Crippen LogP contribution in [0.4, 0.5) is 17.3 Å². The van der Waals surface area contributed by atoms with Gasteiger partial charge in [0.15, 0.2) is 0 Å². The Labute approximate surface area is 163 Å². The summed E-state index contributed by atoms with van der Waals surface area (Å²) >= 11 is 1.67. The number of nitrogens with two attached hydrogens (primary N) is 1. The minimum Gasteiger partial charge on any atom is -0.401 e. The molecule has 6 nitrogen and oxygen atoms in total. The van der Waals surface area contributed by atoms with Gasteiger partial charge in [-0.2, -0.15) is 0 Å². The first-order chi connectivity index (χ1) is 13.0. The average Bonchev–Trinajstić information content (AvgIpc) is 3.17. The quantitative estimate of drug-likeness (QED) is 0.593. The highest BCUT2D eigenvalue weighted by Gasteiger charge is 2.27. The van der Waals surface area contributed by atoms with Crippen molar-refractivity contribution in [2.45, 2.75) is 30.8 Å². The summed E-state index contributed by atoms with van der Waals surface area (Å²) in [7, 11) is 0. The van der Waals surface area contributed by atoms with E-state index in [1.807, 2.05) is 30.5 Å². The van der Waals surface area contributed by atoms with E-state index >= 15 is 0 Å². The van der Waals surface area contributed by atoms with Gasteiger partial charge in [-0.15, -0.1) is 11.8 Å². The topological polar surface area (TPSA) is 92.1 Å². The van der Waals surface area contributed by atoms with Crippen LogP contribution in [0.5, 0.6) is 0 Å². The summed E-state index contributed by atoms with van der Waals surface area (Å²) in [5.74, 6) is 1.65. The smallest absolute Gasteiger partial charge is 0.255 e. The molecule has 0 radical (unpaired) electrons. The Kier molecular flexibility index (Phi) is 4.70. The van der Waals surface area contributed by atoms with Gasteiger partial charge < -0.3 is 21.7 Å². The monoisotopic (exact) mass is 381 g/mol. The average molecular weight is 382 g/mol. The van der Waals surface area contributed by atoms with E-state index in [1.165, 1.54) is 0 Å². The zero-order valence-electron chi connectivity index (χ0n) is 15.4. The van der Waals surface area contributed by atoms with E-state index in [4.69, 9.17) is 10.7 Å². The summed E-state index contributed by atoms with van der Waals surface area (Å²) in [6.07, 6.45) is 5.07. The van der Waals surface area contributed by atoms with Gasteiger partial charge in [-0.25, -0.2) is 4.98 Å². The van der Waals surface area contributed by atoms with Gasteiger partial charge in [0.05, 0.1) is 11.6 Å². The predicted molar refractivity (Wildman–Crippen MR) is 110 cm³/mol. The van der Waals surface area contributed by atoms with E-state index in [2.05, 4.69) is 35.0 Å². The molecule has 0 saturated heterocycles. The number of fused-ring (bicyclic) bond motifs is 1. The number of pyridine rings is 1. The second-order valence-corrected chi connectivity index (χ2v) is 7.89. The molecule has 4 rings (SSSR count). The van der Waals surface area contributed by atoms with Crippen molar-refractivity contribution in [2.75, 3.05) is 16.9 Å². The molecule has 27 heavy (non-hydrogen) atoms. The van der Waals surface area contributed by atoms with Crippen LogP contribution in [0.1, 0.15) is 29.3 Å². The lowest BCUT2D eigenvalue weighted by atomic mass is 10.1. The Hall–Kier alpha value is -2.67. The molecule has 0 spiro atoms. The molecule has 2 atom stereocenters. The Bertz CT molecular complexity index is 927. The normalized spacial score (nSPS) is 20.8. The third kappa shape index (κ3) is 3.60. The zero-order valence-corrected chi connectivity index (χ0v) is 16.2. The number of carbonyl (C=O) groups excluding carboxylic acids is 1. The third-order valence-corrected chi connectivity index (χ3v) is 5.63. The first-order valence-corrected chi connectivity index (χ1v) is 10.2. The molecule has 5 N–H and O–H groups in total. The Balaban J connectivity index is 1.66. The van der Waals surface area contributed by atoms with Crippen LogP contribution in [-0.4, -0.2) is 23.2 Å².